The number of nitrogens with zero attached hydrogens (tertiary/aromatic N) is 2. The van der Waals surface area contributed by atoms with Crippen molar-refractivity contribution in [3.63, 3.8) is 0 Å². The van der Waals surface area contributed by atoms with Crippen molar-refractivity contribution in [2.75, 3.05) is 14.2 Å². The van der Waals surface area contributed by atoms with Crippen LogP contribution in [0.3, 0.4) is 0 Å². The third-order valence-corrected chi connectivity index (χ3v) is 4.90. The monoisotopic (exact) mass is 386 g/mol. The van der Waals surface area contributed by atoms with E-state index in [-0.39, 0.29) is 6.10 Å². The van der Waals surface area contributed by atoms with Gasteiger partial charge in [0.05, 0.1) is 31.2 Å². The molecule has 1 heterocycles. The summed E-state index contributed by atoms with van der Waals surface area (Å²) < 4.78 is 17.6. The summed E-state index contributed by atoms with van der Waals surface area (Å²) in [6, 6.07) is 5.75. The van der Waals surface area contributed by atoms with E-state index in [1.165, 1.54) is 0 Å². The number of hydrogen-bond acceptors (Lipinski definition) is 5. The Labute approximate surface area is 169 Å². The van der Waals surface area contributed by atoms with Crippen LogP contribution in [0.15, 0.2) is 18.2 Å². The van der Waals surface area contributed by atoms with Gasteiger partial charge in [-0.15, -0.1) is 0 Å². The van der Waals surface area contributed by atoms with E-state index in [0.717, 1.165) is 47.0 Å². The maximum atomic E-state index is 6.37. The Hall–Kier alpha value is -2.30. The standard InChI is InChI=1S/C23H34N2O3/c1-9-16-21(20-18(26-7)12-11-13-19(20)27-8)24-17(10-2)23(25-16)28-22(14(3)4)15(5)6/h11-15,22H,9-10H2,1-8H3. The highest BCUT2D eigenvalue weighted by Crippen LogP contribution is 2.40. The lowest BCUT2D eigenvalue weighted by atomic mass is 9.96. The molecule has 0 N–H and O–H groups in total. The molecule has 5 heteroatoms. The predicted molar refractivity (Wildman–Crippen MR) is 113 cm³/mol. The lowest BCUT2D eigenvalue weighted by Crippen LogP contribution is -2.30. The van der Waals surface area contributed by atoms with Gasteiger partial charge in [-0.05, 0) is 36.8 Å². The summed E-state index contributed by atoms with van der Waals surface area (Å²) in [5.74, 6) is 2.88. The topological polar surface area (TPSA) is 53.5 Å². The fourth-order valence-electron chi connectivity index (χ4n) is 3.51. The number of methoxy groups -OCH3 is 2. The zero-order valence-electron chi connectivity index (χ0n) is 18.5. The number of hydrogen-bond donors (Lipinski definition) is 0. The quantitative estimate of drug-likeness (QED) is 0.582. The molecular weight excluding hydrogens is 352 g/mol. The Morgan fingerprint density at radius 2 is 1.36 bits per heavy atom. The molecule has 2 aromatic rings. The fraction of sp³-hybridized carbons (Fsp3) is 0.565. The molecule has 0 aliphatic carbocycles. The number of aryl methyl sites for hydroxylation is 2. The second kappa shape index (κ2) is 9.76. The average molecular weight is 387 g/mol. The Morgan fingerprint density at radius 1 is 0.821 bits per heavy atom. The van der Waals surface area contributed by atoms with Crippen molar-refractivity contribution < 1.29 is 14.2 Å². The van der Waals surface area contributed by atoms with Crippen LogP contribution < -0.4 is 14.2 Å². The summed E-state index contributed by atoms with van der Waals surface area (Å²) in [7, 11) is 3.32. The highest BCUT2D eigenvalue weighted by molar-refractivity contribution is 5.76. The minimum Gasteiger partial charge on any atom is -0.496 e. The van der Waals surface area contributed by atoms with E-state index in [0.29, 0.717) is 17.7 Å². The van der Waals surface area contributed by atoms with Gasteiger partial charge in [0.1, 0.15) is 23.3 Å². The van der Waals surface area contributed by atoms with Crippen molar-refractivity contribution in [3.05, 3.63) is 29.6 Å². The van der Waals surface area contributed by atoms with Crippen molar-refractivity contribution in [2.45, 2.75) is 60.5 Å². The number of benzene rings is 1. The van der Waals surface area contributed by atoms with Crippen LogP contribution in [0.2, 0.25) is 0 Å². The van der Waals surface area contributed by atoms with Gasteiger partial charge in [0.15, 0.2) is 0 Å². The first-order valence-electron chi connectivity index (χ1n) is 10.2. The molecule has 0 atom stereocenters. The van der Waals surface area contributed by atoms with Crippen LogP contribution >= 0.6 is 0 Å². The summed E-state index contributed by atoms with van der Waals surface area (Å²) in [4.78, 5) is 9.87. The molecule has 0 radical (unpaired) electrons. The van der Waals surface area contributed by atoms with Crippen LogP contribution in [0.5, 0.6) is 17.4 Å². The second-order valence-electron chi connectivity index (χ2n) is 7.59. The Balaban J connectivity index is 2.64. The number of aromatic nitrogens is 2. The molecule has 1 aromatic heterocycles. The third-order valence-electron chi connectivity index (χ3n) is 4.90. The predicted octanol–water partition coefficient (Wildman–Crippen LogP) is 5.35. The molecule has 28 heavy (non-hydrogen) atoms. The van der Waals surface area contributed by atoms with Crippen molar-refractivity contribution in [3.8, 4) is 28.6 Å². The van der Waals surface area contributed by atoms with Gasteiger partial charge >= 0.3 is 0 Å². The van der Waals surface area contributed by atoms with E-state index < -0.39 is 0 Å². The Kier molecular flexibility index (Phi) is 7.67. The summed E-state index contributed by atoms with van der Waals surface area (Å²) in [5.41, 5.74) is 3.36. The zero-order chi connectivity index (χ0) is 20.8. The van der Waals surface area contributed by atoms with E-state index in [1.807, 2.05) is 18.2 Å². The summed E-state index contributed by atoms with van der Waals surface area (Å²) in [6.07, 6.45) is 1.56. The summed E-state index contributed by atoms with van der Waals surface area (Å²) in [5, 5.41) is 0. The van der Waals surface area contributed by atoms with Gasteiger partial charge in [0.2, 0.25) is 5.88 Å². The van der Waals surface area contributed by atoms with Gasteiger partial charge in [0.25, 0.3) is 0 Å². The molecule has 2 rings (SSSR count). The van der Waals surface area contributed by atoms with E-state index >= 15 is 0 Å². The molecule has 0 aliphatic heterocycles. The van der Waals surface area contributed by atoms with Crippen LogP contribution in [-0.2, 0) is 12.8 Å². The van der Waals surface area contributed by atoms with E-state index in [4.69, 9.17) is 24.2 Å². The summed E-state index contributed by atoms with van der Waals surface area (Å²) in [6.45, 7) is 12.9. The maximum Gasteiger partial charge on any atom is 0.236 e. The molecule has 0 saturated heterocycles. The van der Waals surface area contributed by atoms with E-state index in [9.17, 15) is 0 Å². The van der Waals surface area contributed by atoms with Crippen LogP contribution in [0.1, 0.15) is 52.9 Å². The van der Waals surface area contributed by atoms with Crippen molar-refractivity contribution >= 4 is 0 Å². The van der Waals surface area contributed by atoms with Gasteiger partial charge in [-0.25, -0.2) is 9.97 Å². The largest absolute Gasteiger partial charge is 0.496 e. The maximum absolute atomic E-state index is 6.37. The fourth-order valence-corrected chi connectivity index (χ4v) is 3.51. The molecule has 0 saturated carbocycles. The third kappa shape index (κ3) is 4.57. The molecule has 0 unspecified atom stereocenters. The van der Waals surface area contributed by atoms with Gasteiger partial charge in [-0.2, -0.15) is 0 Å². The van der Waals surface area contributed by atoms with Crippen LogP contribution in [-0.4, -0.2) is 30.3 Å². The lowest BCUT2D eigenvalue weighted by molar-refractivity contribution is 0.0976. The molecule has 0 aliphatic rings. The Bertz CT molecular complexity index is 757. The van der Waals surface area contributed by atoms with Gasteiger partial charge in [0, 0.05) is 0 Å². The average Bonchev–Trinajstić information content (AvgIpc) is 2.70. The van der Waals surface area contributed by atoms with Crippen molar-refractivity contribution in [1.29, 1.82) is 0 Å². The second-order valence-corrected chi connectivity index (χ2v) is 7.59. The SMILES string of the molecule is CCc1nc(-c2c(OC)cccc2OC)c(CC)nc1OC(C(C)C)C(C)C. The van der Waals surface area contributed by atoms with E-state index in [1.54, 1.807) is 14.2 Å². The van der Waals surface area contributed by atoms with Crippen LogP contribution in [0.4, 0.5) is 0 Å². The Morgan fingerprint density at radius 3 is 1.79 bits per heavy atom. The van der Waals surface area contributed by atoms with Gasteiger partial charge < -0.3 is 14.2 Å². The smallest absolute Gasteiger partial charge is 0.236 e. The first kappa shape index (κ1) is 22.0. The highest BCUT2D eigenvalue weighted by atomic mass is 16.5. The van der Waals surface area contributed by atoms with Crippen LogP contribution in [0.25, 0.3) is 11.3 Å². The minimum atomic E-state index is 0.0935. The van der Waals surface area contributed by atoms with Crippen LogP contribution in [0, 0.1) is 11.8 Å². The first-order chi connectivity index (χ1) is 13.4. The van der Waals surface area contributed by atoms with Crippen molar-refractivity contribution in [2.24, 2.45) is 11.8 Å². The zero-order valence-corrected chi connectivity index (χ0v) is 18.5. The van der Waals surface area contributed by atoms with Gasteiger partial charge in [-0.3, -0.25) is 0 Å². The van der Waals surface area contributed by atoms with E-state index in [2.05, 4.69) is 41.5 Å². The first-order valence-corrected chi connectivity index (χ1v) is 10.2. The summed E-state index contributed by atoms with van der Waals surface area (Å²) >= 11 is 0. The molecule has 0 spiro atoms. The molecule has 1 aromatic carbocycles. The number of ether oxygens (including phenoxy) is 3. The van der Waals surface area contributed by atoms with Crippen molar-refractivity contribution in [1.82, 2.24) is 9.97 Å². The number of rotatable bonds is 9. The lowest BCUT2D eigenvalue weighted by Gasteiger charge is -2.27. The molecule has 5 nitrogen and oxygen atoms in total. The molecule has 0 amide bonds. The molecule has 0 fully saturated rings. The minimum absolute atomic E-state index is 0.0935. The molecular formula is C23H34N2O3. The van der Waals surface area contributed by atoms with Gasteiger partial charge in [-0.1, -0.05) is 47.6 Å². The highest BCUT2D eigenvalue weighted by Gasteiger charge is 2.25. The molecule has 0 bridgehead atoms. The molecule has 154 valence electrons. The normalized spacial score (nSPS) is 11.4.